The second kappa shape index (κ2) is 7.85. The van der Waals surface area contributed by atoms with Crippen molar-refractivity contribution in [2.75, 3.05) is 18.4 Å². The van der Waals surface area contributed by atoms with E-state index in [1.807, 2.05) is 11.8 Å². The second-order valence-corrected chi connectivity index (χ2v) is 5.75. The molecule has 8 nitrogen and oxygen atoms in total. The van der Waals surface area contributed by atoms with E-state index in [0.717, 1.165) is 25.8 Å². The lowest BCUT2D eigenvalue weighted by Gasteiger charge is -2.22. The molecule has 1 unspecified atom stereocenters. The van der Waals surface area contributed by atoms with Crippen LogP contribution < -0.4 is 5.32 Å². The summed E-state index contributed by atoms with van der Waals surface area (Å²) >= 11 is 0. The van der Waals surface area contributed by atoms with Crippen LogP contribution in [0.15, 0.2) is 23.0 Å². The van der Waals surface area contributed by atoms with Gasteiger partial charge in [0.15, 0.2) is 5.82 Å². The lowest BCUT2D eigenvalue weighted by atomic mass is 10.2. The molecule has 0 bridgehead atoms. The number of likely N-dealkylation sites (tertiary alicyclic amines) is 1. The minimum atomic E-state index is -0.0491. The van der Waals surface area contributed by atoms with Crippen LogP contribution in [0.3, 0.4) is 0 Å². The Labute approximate surface area is 140 Å². The molecule has 3 rings (SSSR count). The third-order valence-corrected chi connectivity index (χ3v) is 4.07. The normalized spacial score (nSPS) is 17.2. The molecule has 0 radical (unpaired) electrons. The lowest BCUT2D eigenvalue weighted by Crippen LogP contribution is -2.31. The van der Waals surface area contributed by atoms with Gasteiger partial charge in [-0.25, -0.2) is 9.97 Å². The number of aromatic nitrogens is 4. The number of nitrogens with zero attached hydrogens (tertiary/aromatic N) is 5. The van der Waals surface area contributed by atoms with E-state index in [9.17, 15) is 4.79 Å². The van der Waals surface area contributed by atoms with Gasteiger partial charge in [0.25, 0.3) is 0 Å². The molecule has 1 aliphatic rings. The van der Waals surface area contributed by atoms with Crippen LogP contribution in [0, 0.1) is 0 Å². The van der Waals surface area contributed by atoms with Crippen molar-refractivity contribution in [2.45, 2.75) is 45.1 Å². The molecule has 0 saturated carbocycles. The number of amides is 1. The summed E-state index contributed by atoms with van der Waals surface area (Å²) in [6.07, 6.45) is 7.16. The van der Waals surface area contributed by atoms with E-state index in [4.69, 9.17) is 4.52 Å². The topological polar surface area (TPSA) is 97.0 Å². The average Bonchev–Trinajstić information content (AvgIpc) is 3.28. The van der Waals surface area contributed by atoms with E-state index in [-0.39, 0.29) is 11.9 Å². The van der Waals surface area contributed by atoms with Gasteiger partial charge in [-0.1, -0.05) is 12.1 Å². The summed E-state index contributed by atoms with van der Waals surface area (Å²) in [5.41, 5.74) is 0. The molecule has 1 atom stereocenters. The van der Waals surface area contributed by atoms with Crippen LogP contribution in [0.25, 0.3) is 0 Å². The van der Waals surface area contributed by atoms with Crippen LogP contribution in [0.2, 0.25) is 0 Å². The number of anilines is 1. The quantitative estimate of drug-likeness (QED) is 0.775. The first-order valence-corrected chi connectivity index (χ1v) is 8.40. The molecule has 128 valence electrons. The molecule has 0 aliphatic carbocycles. The monoisotopic (exact) mass is 330 g/mol. The Balaban J connectivity index is 1.48. The van der Waals surface area contributed by atoms with Crippen molar-refractivity contribution in [3.8, 4) is 0 Å². The fourth-order valence-corrected chi connectivity index (χ4v) is 2.85. The van der Waals surface area contributed by atoms with E-state index >= 15 is 0 Å². The van der Waals surface area contributed by atoms with Crippen LogP contribution in [0.1, 0.15) is 50.4 Å². The second-order valence-electron chi connectivity index (χ2n) is 5.75. The summed E-state index contributed by atoms with van der Waals surface area (Å²) in [5.74, 6) is 1.98. The van der Waals surface area contributed by atoms with Gasteiger partial charge in [-0.15, -0.1) is 0 Å². The molecular formula is C16H22N6O2. The van der Waals surface area contributed by atoms with Crippen LogP contribution in [-0.4, -0.2) is 44.0 Å². The summed E-state index contributed by atoms with van der Waals surface area (Å²) < 4.78 is 5.18. The van der Waals surface area contributed by atoms with E-state index in [2.05, 4.69) is 25.4 Å². The first kappa shape index (κ1) is 16.4. The number of hydrogen-bond acceptors (Lipinski definition) is 7. The molecule has 1 saturated heterocycles. The predicted molar refractivity (Wildman–Crippen MR) is 87.1 cm³/mol. The highest BCUT2D eigenvalue weighted by Gasteiger charge is 2.32. The summed E-state index contributed by atoms with van der Waals surface area (Å²) in [4.78, 5) is 26.9. The van der Waals surface area contributed by atoms with Gasteiger partial charge in [0.05, 0.1) is 6.04 Å². The molecule has 0 spiro atoms. The molecular weight excluding hydrogens is 308 g/mol. The van der Waals surface area contributed by atoms with Gasteiger partial charge in [-0.3, -0.25) is 4.79 Å². The molecule has 2 aromatic rings. The van der Waals surface area contributed by atoms with E-state index in [0.29, 0.717) is 37.0 Å². The van der Waals surface area contributed by atoms with E-state index < -0.39 is 0 Å². The minimum absolute atomic E-state index is 0.0491. The number of nitrogens with one attached hydrogen (secondary N) is 1. The third-order valence-electron chi connectivity index (χ3n) is 4.07. The van der Waals surface area contributed by atoms with Crippen molar-refractivity contribution >= 4 is 11.9 Å². The van der Waals surface area contributed by atoms with Gasteiger partial charge in [-0.05, 0) is 25.3 Å². The predicted octanol–water partition coefficient (Wildman–Crippen LogP) is 1.98. The van der Waals surface area contributed by atoms with Gasteiger partial charge in [-0.2, -0.15) is 4.98 Å². The molecule has 1 amide bonds. The Hall–Kier alpha value is -2.51. The Morgan fingerprint density at radius 2 is 2.25 bits per heavy atom. The zero-order chi connectivity index (χ0) is 16.8. The van der Waals surface area contributed by atoms with Crippen molar-refractivity contribution < 1.29 is 9.32 Å². The third kappa shape index (κ3) is 3.87. The maximum absolute atomic E-state index is 12.5. The van der Waals surface area contributed by atoms with Crippen molar-refractivity contribution in [2.24, 2.45) is 0 Å². The van der Waals surface area contributed by atoms with E-state index in [1.54, 1.807) is 18.5 Å². The van der Waals surface area contributed by atoms with Gasteiger partial charge in [0, 0.05) is 38.3 Å². The lowest BCUT2D eigenvalue weighted by molar-refractivity contribution is -0.132. The number of hydrogen-bond donors (Lipinski definition) is 1. The molecule has 1 N–H and O–H groups in total. The zero-order valence-electron chi connectivity index (χ0n) is 13.8. The molecule has 3 heterocycles. The standard InChI is InChI=1S/C16H22N6O2/c1-2-13-20-15(21-24-13)12-6-4-11-22(12)14(23)7-3-8-17-16-18-9-5-10-19-16/h5,9-10,12H,2-4,6-8,11H2,1H3,(H,17,18,19). The van der Waals surface area contributed by atoms with Crippen molar-refractivity contribution in [3.05, 3.63) is 30.2 Å². The smallest absolute Gasteiger partial charge is 0.226 e. The van der Waals surface area contributed by atoms with Crippen molar-refractivity contribution in [1.29, 1.82) is 0 Å². The summed E-state index contributed by atoms with van der Waals surface area (Å²) in [7, 11) is 0. The van der Waals surface area contributed by atoms with Crippen molar-refractivity contribution in [3.63, 3.8) is 0 Å². The Morgan fingerprint density at radius 3 is 3.00 bits per heavy atom. The molecule has 0 aromatic carbocycles. The minimum Gasteiger partial charge on any atom is -0.354 e. The molecule has 8 heteroatoms. The zero-order valence-corrected chi connectivity index (χ0v) is 13.8. The highest BCUT2D eigenvalue weighted by atomic mass is 16.5. The number of carbonyl (C=O) groups excluding carboxylic acids is 1. The maximum atomic E-state index is 12.5. The van der Waals surface area contributed by atoms with Crippen molar-refractivity contribution in [1.82, 2.24) is 25.0 Å². The molecule has 1 fully saturated rings. The van der Waals surface area contributed by atoms with Gasteiger partial charge in [0.1, 0.15) is 0 Å². The van der Waals surface area contributed by atoms with Gasteiger partial charge >= 0.3 is 0 Å². The SMILES string of the molecule is CCc1nc(C2CCCN2C(=O)CCCNc2ncccn2)no1. The Morgan fingerprint density at radius 1 is 1.42 bits per heavy atom. The number of carbonyl (C=O) groups is 1. The highest BCUT2D eigenvalue weighted by Crippen LogP contribution is 2.30. The largest absolute Gasteiger partial charge is 0.354 e. The number of aryl methyl sites for hydroxylation is 1. The Kier molecular flexibility index (Phi) is 5.35. The van der Waals surface area contributed by atoms with Gasteiger partial charge < -0.3 is 14.7 Å². The summed E-state index contributed by atoms with van der Waals surface area (Å²) in [6, 6.07) is 1.72. The van der Waals surface area contributed by atoms with Gasteiger partial charge in [0.2, 0.25) is 17.7 Å². The molecule has 2 aromatic heterocycles. The van der Waals surface area contributed by atoms with Crippen LogP contribution in [0.4, 0.5) is 5.95 Å². The molecule has 24 heavy (non-hydrogen) atoms. The maximum Gasteiger partial charge on any atom is 0.226 e. The van der Waals surface area contributed by atoms with Crippen LogP contribution in [-0.2, 0) is 11.2 Å². The first-order valence-electron chi connectivity index (χ1n) is 8.40. The van der Waals surface area contributed by atoms with Crippen LogP contribution in [0.5, 0.6) is 0 Å². The fraction of sp³-hybridized carbons (Fsp3) is 0.562. The average molecular weight is 330 g/mol. The number of rotatable bonds is 7. The Bertz CT molecular complexity index is 660. The summed E-state index contributed by atoms with van der Waals surface area (Å²) in [6.45, 7) is 3.39. The molecule has 1 aliphatic heterocycles. The summed E-state index contributed by atoms with van der Waals surface area (Å²) in [5, 5.41) is 7.14. The fourth-order valence-electron chi connectivity index (χ4n) is 2.85. The van der Waals surface area contributed by atoms with E-state index in [1.165, 1.54) is 0 Å². The van der Waals surface area contributed by atoms with Crippen LogP contribution >= 0.6 is 0 Å². The first-order chi connectivity index (χ1) is 11.8. The highest BCUT2D eigenvalue weighted by molar-refractivity contribution is 5.76.